The van der Waals surface area contributed by atoms with Crippen molar-refractivity contribution in [3.63, 3.8) is 0 Å². The molecule has 1 aliphatic heterocycles. The number of hydrogen-bond donors (Lipinski definition) is 0. The predicted molar refractivity (Wildman–Crippen MR) is 73.2 cm³/mol. The number of ether oxygens (including phenoxy) is 2. The van der Waals surface area contributed by atoms with Crippen molar-refractivity contribution >= 4 is 0 Å². The van der Waals surface area contributed by atoms with Crippen molar-refractivity contribution in [2.75, 3.05) is 27.3 Å². The average molecular weight is 249 g/mol. The molecule has 1 aromatic carbocycles. The molecule has 0 saturated carbocycles. The summed E-state index contributed by atoms with van der Waals surface area (Å²) in [5.41, 5.74) is 1.16. The molecule has 3 heteroatoms. The minimum Gasteiger partial charge on any atom is -0.496 e. The van der Waals surface area contributed by atoms with Crippen molar-refractivity contribution in [3.8, 4) is 11.5 Å². The van der Waals surface area contributed by atoms with Crippen LogP contribution in [-0.2, 0) is 6.54 Å². The summed E-state index contributed by atoms with van der Waals surface area (Å²) in [6.45, 7) is 5.58. The minimum atomic E-state index is 0.791. The van der Waals surface area contributed by atoms with E-state index in [4.69, 9.17) is 9.47 Å². The molecule has 1 aliphatic rings. The Hall–Kier alpha value is -1.22. The molecule has 1 saturated heterocycles. The lowest BCUT2D eigenvalue weighted by Gasteiger charge is -2.31. The van der Waals surface area contributed by atoms with Crippen LogP contribution in [0, 0.1) is 5.92 Å². The molecule has 1 aromatic rings. The second kappa shape index (κ2) is 6.10. The van der Waals surface area contributed by atoms with Crippen molar-refractivity contribution in [2.24, 2.45) is 5.92 Å². The lowest BCUT2D eigenvalue weighted by molar-refractivity contribution is 0.173. The van der Waals surface area contributed by atoms with Gasteiger partial charge in [-0.1, -0.05) is 13.0 Å². The molecule has 0 spiro atoms. The van der Waals surface area contributed by atoms with E-state index in [1.807, 2.05) is 18.2 Å². The topological polar surface area (TPSA) is 21.7 Å². The van der Waals surface area contributed by atoms with E-state index in [1.54, 1.807) is 14.2 Å². The standard InChI is InChI=1S/C15H23NO2/c1-12-6-5-9-16(10-12)11-13-14(17-2)7-4-8-15(13)18-3/h4,7-8,12H,5-6,9-11H2,1-3H3/t12-/m1/s1. The molecular formula is C15H23NO2. The fourth-order valence-corrected chi connectivity index (χ4v) is 2.74. The number of piperidine rings is 1. The molecule has 3 nitrogen and oxygen atoms in total. The maximum Gasteiger partial charge on any atom is 0.127 e. The fraction of sp³-hybridized carbons (Fsp3) is 0.600. The summed E-state index contributed by atoms with van der Waals surface area (Å²) in [6.07, 6.45) is 2.64. The first-order valence-electron chi connectivity index (χ1n) is 6.66. The summed E-state index contributed by atoms with van der Waals surface area (Å²) < 4.78 is 10.9. The summed E-state index contributed by atoms with van der Waals surface area (Å²) >= 11 is 0. The highest BCUT2D eigenvalue weighted by molar-refractivity contribution is 5.44. The number of nitrogens with zero attached hydrogens (tertiary/aromatic N) is 1. The largest absolute Gasteiger partial charge is 0.496 e. The van der Waals surface area contributed by atoms with Gasteiger partial charge in [0, 0.05) is 13.1 Å². The molecule has 1 heterocycles. The molecule has 0 bridgehead atoms. The second-order valence-electron chi connectivity index (χ2n) is 5.12. The Bertz CT molecular complexity index is 370. The third-order valence-corrected chi connectivity index (χ3v) is 3.65. The highest BCUT2D eigenvalue weighted by atomic mass is 16.5. The summed E-state index contributed by atoms with van der Waals surface area (Å²) in [5, 5.41) is 0. The van der Waals surface area contributed by atoms with Gasteiger partial charge in [0.2, 0.25) is 0 Å². The number of likely N-dealkylation sites (tertiary alicyclic amines) is 1. The van der Waals surface area contributed by atoms with Crippen molar-refractivity contribution in [1.29, 1.82) is 0 Å². The summed E-state index contributed by atoms with van der Waals surface area (Å²) in [7, 11) is 3.44. The van der Waals surface area contributed by atoms with Gasteiger partial charge in [-0.25, -0.2) is 0 Å². The van der Waals surface area contributed by atoms with Crippen LogP contribution in [0.3, 0.4) is 0 Å². The quantitative estimate of drug-likeness (QED) is 0.819. The van der Waals surface area contributed by atoms with Crippen LogP contribution in [0.1, 0.15) is 25.3 Å². The van der Waals surface area contributed by atoms with Crippen LogP contribution in [0.15, 0.2) is 18.2 Å². The first kappa shape index (κ1) is 13.2. The van der Waals surface area contributed by atoms with Crippen molar-refractivity contribution in [1.82, 2.24) is 4.90 Å². The first-order valence-corrected chi connectivity index (χ1v) is 6.66. The van der Waals surface area contributed by atoms with Crippen LogP contribution in [0.5, 0.6) is 11.5 Å². The Morgan fingerprint density at radius 2 is 1.89 bits per heavy atom. The fourth-order valence-electron chi connectivity index (χ4n) is 2.74. The van der Waals surface area contributed by atoms with Crippen LogP contribution in [-0.4, -0.2) is 32.2 Å². The monoisotopic (exact) mass is 249 g/mol. The molecule has 0 unspecified atom stereocenters. The smallest absolute Gasteiger partial charge is 0.127 e. The van der Waals surface area contributed by atoms with Crippen LogP contribution in [0.25, 0.3) is 0 Å². The molecule has 0 N–H and O–H groups in total. The average Bonchev–Trinajstić information content (AvgIpc) is 2.39. The molecular weight excluding hydrogens is 226 g/mol. The summed E-state index contributed by atoms with van der Waals surface area (Å²) in [5.74, 6) is 2.64. The third-order valence-electron chi connectivity index (χ3n) is 3.65. The Morgan fingerprint density at radius 3 is 2.44 bits per heavy atom. The van der Waals surface area contributed by atoms with Crippen molar-refractivity contribution < 1.29 is 9.47 Å². The normalized spacial score (nSPS) is 20.7. The molecule has 0 aromatic heterocycles. The van der Waals surface area contributed by atoms with E-state index in [2.05, 4.69) is 11.8 Å². The zero-order valence-corrected chi connectivity index (χ0v) is 11.6. The Morgan fingerprint density at radius 1 is 1.22 bits per heavy atom. The maximum absolute atomic E-state index is 5.45. The number of benzene rings is 1. The van der Waals surface area contributed by atoms with E-state index < -0.39 is 0 Å². The van der Waals surface area contributed by atoms with Gasteiger partial charge in [-0.15, -0.1) is 0 Å². The molecule has 0 amide bonds. The van der Waals surface area contributed by atoms with Gasteiger partial charge in [-0.2, -0.15) is 0 Å². The molecule has 1 atom stereocenters. The molecule has 100 valence electrons. The van der Waals surface area contributed by atoms with Crippen molar-refractivity contribution in [3.05, 3.63) is 23.8 Å². The van der Waals surface area contributed by atoms with Gasteiger partial charge < -0.3 is 9.47 Å². The first-order chi connectivity index (χ1) is 8.74. The highest BCUT2D eigenvalue weighted by Crippen LogP contribution is 2.30. The van der Waals surface area contributed by atoms with E-state index in [1.165, 1.54) is 25.9 Å². The Labute approximate surface area is 110 Å². The van der Waals surface area contributed by atoms with E-state index in [0.717, 1.165) is 29.5 Å². The zero-order chi connectivity index (χ0) is 13.0. The van der Waals surface area contributed by atoms with Gasteiger partial charge >= 0.3 is 0 Å². The lowest BCUT2D eigenvalue weighted by Crippen LogP contribution is -2.33. The van der Waals surface area contributed by atoms with Gasteiger partial charge in [0.05, 0.1) is 19.8 Å². The van der Waals surface area contributed by atoms with Crippen LogP contribution < -0.4 is 9.47 Å². The summed E-state index contributed by atoms with van der Waals surface area (Å²) in [6, 6.07) is 5.98. The molecule has 2 rings (SSSR count). The Kier molecular flexibility index (Phi) is 4.48. The molecule has 18 heavy (non-hydrogen) atoms. The van der Waals surface area contributed by atoms with Gasteiger partial charge in [-0.05, 0) is 37.4 Å². The molecule has 0 aliphatic carbocycles. The highest BCUT2D eigenvalue weighted by Gasteiger charge is 2.19. The van der Waals surface area contributed by atoms with Gasteiger partial charge in [-0.3, -0.25) is 4.90 Å². The van der Waals surface area contributed by atoms with E-state index >= 15 is 0 Å². The van der Waals surface area contributed by atoms with Crippen molar-refractivity contribution in [2.45, 2.75) is 26.3 Å². The van der Waals surface area contributed by atoms with E-state index in [-0.39, 0.29) is 0 Å². The maximum atomic E-state index is 5.45. The predicted octanol–water partition coefficient (Wildman–Crippen LogP) is 2.94. The lowest BCUT2D eigenvalue weighted by atomic mass is 9.99. The SMILES string of the molecule is COc1cccc(OC)c1CN1CCC[C@@H](C)C1. The number of methoxy groups -OCH3 is 2. The van der Waals surface area contributed by atoms with Gasteiger partial charge in [0.15, 0.2) is 0 Å². The molecule has 0 radical (unpaired) electrons. The summed E-state index contributed by atoms with van der Waals surface area (Å²) in [4.78, 5) is 2.49. The van der Waals surface area contributed by atoms with Crippen LogP contribution >= 0.6 is 0 Å². The number of hydrogen-bond acceptors (Lipinski definition) is 3. The second-order valence-corrected chi connectivity index (χ2v) is 5.12. The third kappa shape index (κ3) is 2.96. The van der Waals surface area contributed by atoms with E-state index in [9.17, 15) is 0 Å². The van der Waals surface area contributed by atoms with Gasteiger partial charge in [0.25, 0.3) is 0 Å². The van der Waals surface area contributed by atoms with Crippen LogP contribution in [0.4, 0.5) is 0 Å². The number of rotatable bonds is 4. The molecule has 1 fully saturated rings. The van der Waals surface area contributed by atoms with E-state index in [0.29, 0.717) is 0 Å². The minimum absolute atomic E-state index is 0.791. The Balaban J connectivity index is 2.16. The van der Waals surface area contributed by atoms with Crippen LogP contribution in [0.2, 0.25) is 0 Å². The van der Waals surface area contributed by atoms with Gasteiger partial charge in [0.1, 0.15) is 11.5 Å². The zero-order valence-electron chi connectivity index (χ0n) is 11.6.